The highest BCUT2D eigenvalue weighted by Gasteiger charge is 2.24. The Hall–Kier alpha value is -1.03. The minimum Gasteiger partial charge on any atom is -0.303 e. The number of halogens is 1. The molecular weight excluding hydrogens is 366 g/mol. The number of hydrogen-bond acceptors (Lipinski definition) is 2. The first-order valence-electron chi connectivity index (χ1n) is 8.28. The fraction of sp³-hybridized carbons (Fsp3) is 0.300. The Bertz CT molecular complexity index is 781. The normalized spacial score (nSPS) is 17.8. The van der Waals surface area contributed by atoms with E-state index in [1.54, 1.807) is 11.1 Å². The van der Waals surface area contributed by atoms with Crippen molar-refractivity contribution in [3.63, 3.8) is 0 Å². The maximum atomic E-state index is 3.67. The molecule has 23 heavy (non-hydrogen) atoms. The summed E-state index contributed by atoms with van der Waals surface area (Å²) in [5, 5.41) is 0. The highest BCUT2D eigenvalue weighted by Crippen LogP contribution is 2.47. The van der Waals surface area contributed by atoms with Gasteiger partial charge in [-0.3, -0.25) is 0 Å². The summed E-state index contributed by atoms with van der Waals surface area (Å²) in [6.07, 6.45) is 2.29. The first kappa shape index (κ1) is 15.5. The van der Waals surface area contributed by atoms with Crippen LogP contribution in [0.2, 0.25) is 0 Å². The second-order valence-corrected chi connectivity index (χ2v) is 8.13. The maximum absolute atomic E-state index is 3.67. The molecule has 0 radical (unpaired) electrons. The van der Waals surface area contributed by atoms with Gasteiger partial charge in [0.25, 0.3) is 0 Å². The molecule has 0 bridgehead atoms. The molecular formula is C20H20BrNS. The van der Waals surface area contributed by atoms with E-state index in [9.17, 15) is 0 Å². The van der Waals surface area contributed by atoms with Crippen molar-refractivity contribution in [2.24, 2.45) is 0 Å². The van der Waals surface area contributed by atoms with Gasteiger partial charge in [0.2, 0.25) is 0 Å². The summed E-state index contributed by atoms with van der Waals surface area (Å²) in [6, 6.07) is 15.6. The van der Waals surface area contributed by atoms with Crippen LogP contribution in [0.15, 0.2) is 56.7 Å². The number of nitrogens with zero attached hydrogens (tertiary/aromatic N) is 1. The Kier molecular flexibility index (Phi) is 4.35. The topological polar surface area (TPSA) is 3.24 Å². The molecule has 0 fully saturated rings. The average Bonchev–Trinajstić information content (AvgIpc) is 2.85. The highest BCUT2D eigenvalue weighted by atomic mass is 79.9. The summed E-state index contributed by atoms with van der Waals surface area (Å²) >= 11 is 5.59. The van der Waals surface area contributed by atoms with Crippen molar-refractivity contribution in [1.29, 1.82) is 0 Å². The van der Waals surface area contributed by atoms with E-state index in [-0.39, 0.29) is 0 Å². The van der Waals surface area contributed by atoms with Crippen LogP contribution in [0, 0.1) is 0 Å². The van der Waals surface area contributed by atoms with Gasteiger partial charge >= 0.3 is 0 Å². The van der Waals surface area contributed by atoms with Gasteiger partial charge in [0.05, 0.1) is 0 Å². The lowest BCUT2D eigenvalue weighted by Gasteiger charge is -2.18. The molecule has 0 aliphatic carbocycles. The molecule has 2 aliphatic heterocycles. The van der Waals surface area contributed by atoms with Gasteiger partial charge in [-0.05, 0) is 65.9 Å². The Balaban J connectivity index is 1.93. The van der Waals surface area contributed by atoms with Gasteiger partial charge < -0.3 is 4.90 Å². The zero-order valence-corrected chi connectivity index (χ0v) is 15.7. The molecule has 0 spiro atoms. The molecule has 2 aliphatic rings. The summed E-state index contributed by atoms with van der Waals surface area (Å²) in [6.45, 7) is 5.74. The number of fused-ring (bicyclic) bond motifs is 4. The monoisotopic (exact) mass is 385 g/mol. The van der Waals surface area contributed by atoms with Crippen molar-refractivity contribution in [1.82, 2.24) is 4.90 Å². The standard InChI is InChI=1S/C20H20BrNS/c1-2-22-11-9-15-16(10-12-22)18-13-14(21)7-8-20(18)23-19-6-4-3-5-17(15)19/h3-8,13H,2,9-12H2,1H3. The molecule has 0 amide bonds. The fourth-order valence-electron chi connectivity index (χ4n) is 3.61. The third-order valence-electron chi connectivity index (χ3n) is 4.87. The van der Waals surface area contributed by atoms with Crippen molar-refractivity contribution in [3.8, 4) is 0 Å². The predicted molar refractivity (Wildman–Crippen MR) is 103 cm³/mol. The van der Waals surface area contributed by atoms with E-state index in [0.717, 1.165) is 32.5 Å². The lowest BCUT2D eigenvalue weighted by molar-refractivity contribution is 0.307. The average molecular weight is 386 g/mol. The summed E-state index contributed by atoms with van der Waals surface area (Å²) in [7, 11) is 0. The molecule has 4 rings (SSSR count). The van der Waals surface area contributed by atoms with E-state index in [4.69, 9.17) is 0 Å². The van der Waals surface area contributed by atoms with Crippen LogP contribution in [0.5, 0.6) is 0 Å². The third-order valence-corrected chi connectivity index (χ3v) is 6.51. The minimum atomic E-state index is 1.14. The van der Waals surface area contributed by atoms with Crippen LogP contribution in [0.3, 0.4) is 0 Å². The van der Waals surface area contributed by atoms with Crippen LogP contribution in [0.4, 0.5) is 0 Å². The Labute approximate surface area is 150 Å². The molecule has 118 valence electrons. The molecule has 2 heterocycles. The van der Waals surface area contributed by atoms with Gasteiger partial charge in [-0.15, -0.1) is 0 Å². The molecule has 0 saturated carbocycles. The van der Waals surface area contributed by atoms with Gasteiger partial charge in [0.1, 0.15) is 0 Å². The molecule has 2 aromatic carbocycles. The summed E-state index contributed by atoms with van der Waals surface area (Å²) in [5.41, 5.74) is 5.97. The summed E-state index contributed by atoms with van der Waals surface area (Å²) in [5.74, 6) is 0. The quantitative estimate of drug-likeness (QED) is 0.597. The van der Waals surface area contributed by atoms with Crippen LogP contribution >= 0.6 is 27.7 Å². The first-order valence-corrected chi connectivity index (χ1v) is 9.89. The molecule has 0 aromatic heterocycles. The predicted octanol–water partition coefficient (Wildman–Crippen LogP) is 5.94. The third kappa shape index (κ3) is 2.90. The molecule has 0 N–H and O–H groups in total. The lowest BCUT2D eigenvalue weighted by atomic mass is 9.91. The molecule has 0 unspecified atom stereocenters. The number of hydrogen-bond donors (Lipinski definition) is 0. The van der Waals surface area contributed by atoms with Gasteiger partial charge in [0, 0.05) is 27.4 Å². The van der Waals surface area contributed by atoms with Crippen LogP contribution in [0.1, 0.15) is 30.9 Å². The number of rotatable bonds is 1. The highest BCUT2D eigenvalue weighted by molar-refractivity contribution is 9.10. The molecule has 3 heteroatoms. The van der Waals surface area contributed by atoms with Crippen LogP contribution < -0.4 is 0 Å². The van der Waals surface area contributed by atoms with E-state index < -0.39 is 0 Å². The summed E-state index contributed by atoms with van der Waals surface area (Å²) in [4.78, 5) is 5.35. The Morgan fingerprint density at radius 1 is 0.957 bits per heavy atom. The summed E-state index contributed by atoms with van der Waals surface area (Å²) < 4.78 is 1.17. The largest absolute Gasteiger partial charge is 0.303 e. The Morgan fingerprint density at radius 3 is 2.43 bits per heavy atom. The second-order valence-electron chi connectivity index (χ2n) is 6.13. The van der Waals surface area contributed by atoms with E-state index in [1.165, 1.54) is 25.4 Å². The van der Waals surface area contributed by atoms with E-state index in [1.807, 2.05) is 11.8 Å². The number of benzene rings is 2. The molecule has 0 atom stereocenters. The van der Waals surface area contributed by atoms with Gasteiger partial charge in [-0.2, -0.15) is 0 Å². The zero-order chi connectivity index (χ0) is 15.8. The Morgan fingerprint density at radius 2 is 1.65 bits per heavy atom. The van der Waals surface area contributed by atoms with E-state index in [2.05, 4.69) is 70.2 Å². The van der Waals surface area contributed by atoms with Crippen LogP contribution in [0.25, 0.3) is 11.1 Å². The molecule has 2 aromatic rings. The van der Waals surface area contributed by atoms with Crippen molar-refractivity contribution in [3.05, 3.63) is 58.1 Å². The second kappa shape index (κ2) is 6.46. The van der Waals surface area contributed by atoms with Gasteiger partial charge in [-0.1, -0.05) is 52.8 Å². The minimum absolute atomic E-state index is 1.14. The van der Waals surface area contributed by atoms with Gasteiger partial charge in [-0.25, -0.2) is 0 Å². The molecule has 1 nitrogen and oxygen atoms in total. The fourth-order valence-corrected chi connectivity index (χ4v) is 5.09. The van der Waals surface area contributed by atoms with E-state index in [0.29, 0.717) is 0 Å². The first-order chi connectivity index (χ1) is 11.3. The maximum Gasteiger partial charge on any atom is 0.0198 e. The van der Waals surface area contributed by atoms with Gasteiger partial charge in [0.15, 0.2) is 0 Å². The van der Waals surface area contributed by atoms with Crippen LogP contribution in [-0.2, 0) is 0 Å². The van der Waals surface area contributed by atoms with Crippen molar-refractivity contribution >= 4 is 38.8 Å². The lowest BCUT2D eigenvalue weighted by Crippen LogP contribution is -2.24. The SMILES string of the molecule is CCN1CCC2=C(CC1)c1cc(Br)ccc1Sc1ccccc12. The van der Waals surface area contributed by atoms with E-state index >= 15 is 0 Å². The van der Waals surface area contributed by atoms with Crippen molar-refractivity contribution in [2.75, 3.05) is 19.6 Å². The zero-order valence-electron chi connectivity index (χ0n) is 13.3. The smallest absolute Gasteiger partial charge is 0.0198 e. The molecule has 0 saturated heterocycles. The van der Waals surface area contributed by atoms with Crippen molar-refractivity contribution in [2.45, 2.75) is 29.6 Å². The van der Waals surface area contributed by atoms with Crippen LogP contribution in [-0.4, -0.2) is 24.5 Å². The van der Waals surface area contributed by atoms with Crippen molar-refractivity contribution < 1.29 is 0 Å².